The van der Waals surface area contributed by atoms with Gasteiger partial charge in [0.25, 0.3) is 5.91 Å². The largest absolute Gasteiger partial charge is 0.497 e. The first-order valence-corrected chi connectivity index (χ1v) is 11.3. The number of thiophene rings is 1. The van der Waals surface area contributed by atoms with Crippen LogP contribution in [0.5, 0.6) is 5.75 Å². The minimum atomic E-state index is -0.149. The van der Waals surface area contributed by atoms with Crippen molar-refractivity contribution in [1.29, 1.82) is 0 Å². The fourth-order valence-electron chi connectivity index (χ4n) is 3.96. The van der Waals surface area contributed by atoms with Crippen LogP contribution in [-0.4, -0.2) is 32.7 Å². The van der Waals surface area contributed by atoms with E-state index in [0.717, 1.165) is 41.5 Å². The van der Waals surface area contributed by atoms with Crippen LogP contribution in [0, 0.1) is 0 Å². The summed E-state index contributed by atoms with van der Waals surface area (Å²) in [7, 11) is 1.63. The van der Waals surface area contributed by atoms with Gasteiger partial charge in [-0.2, -0.15) is 16.4 Å². The zero-order valence-electron chi connectivity index (χ0n) is 17.7. The molecular formula is C24H23N5O2S. The van der Waals surface area contributed by atoms with Crippen molar-refractivity contribution < 1.29 is 9.53 Å². The molecule has 0 spiro atoms. The Morgan fingerprint density at radius 3 is 2.97 bits per heavy atom. The van der Waals surface area contributed by atoms with Gasteiger partial charge in [0, 0.05) is 37.9 Å². The van der Waals surface area contributed by atoms with E-state index in [0.29, 0.717) is 18.7 Å². The minimum absolute atomic E-state index is 0.149. The average Bonchev–Trinajstić information content (AvgIpc) is 3.45. The highest BCUT2D eigenvalue weighted by atomic mass is 32.1. The van der Waals surface area contributed by atoms with Crippen LogP contribution in [0.15, 0.2) is 65.6 Å². The number of pyridine rings is 1. The molecule has 0 aliphatic carbocycles. The molecular weight excluding hydrogens is 422 g/mol. The third-order valence-electron chi connectivity index (χ3n) is 5.52. The Balaban J connectivity index is 1.42. The Hall–Kier alpha value is -3.49. The van der Waals surface area contributed by atoms with Crippen LogP contribution < -0.4 is 10.1 Å². The van der Waals surface area contributed by atoms with Crippen molar-refractivity contribution in [3.63, 3.8) is 0 Å². The fraction of sp³-hybridized carbons (Fsp3) is 0.208. The lowest BCUT2D eigenvalue weighted by molar-refractivity contribution is 0.0948. The summed E-state index contributed by atoms with van der Waals surface area (Å²) < 4.78 is 7.08. The maximum Gasteiger partial charge on any atom is 0.255 e. The monoisotopic (exact) mass is 445 g/mol. The van der Waals surface area contributed by atoms with Crippen molar-refractivity contribution in [3.8, 4) is 11.6 Å². The molecule has 4 heterocycles. The van der Waals surface area contributed by atoms with Gasteiger partial charge in [0.15, 0.2) is 5.82 Å². The van der Waals surface area contributed by atoms with E-state index in [1.807, 2.05) is 35.0 Å². The van der Waals surface area contributed by atoms with Gasteiger partial charge in [-0.15, -0.1) is 0 Å². The predicted octanol–water partition coefficient (Wildman–Crippen LogP) is 3.78. The number of carbonyl (C=O) groups excluding carboxylic acids is 1. The average molecular weight is 446 g/mol. The lowest BCUT2D eigenvalue weighted by Gasteiger charge is -2.20. The van der Waals surface area contributed by atoms with Crippen molar-refractivity contribution in [3.05, 3.63) is 93.6 Å². The smallest absolute Gasteiger partial charge is 0.255 e. The molecule has 1 aliphatic rings. The third-order valence-corrected chi connectivity index (χ3v) is 6.25. The van der Waals surface area contributed by atoms with E-state index < -0.39 is 0 Å². The van der Waals surface area contributed by atoms with E-state index in [1.54, 1.807) is 30.8 Å². The maximum atomic E-state index is 13.1. The molecule has 0 saturated heterocycles. The van der Waals surface area contributed by atoms with Gasteiger partial charge in [0.1, 0.15) is 5.75 Å². The molecule has 0 fully saturated rings. The molecule has 32 heavy (non-hydrogen) atoms. The summed E-state index contributed by atoms with van der Waals surface area (Å²) in [6, 6.07) is 13.8. The standard InChI is InChI=1S/C24H23N5O2S/c1-31-20-6-2-4-17(10-20)11-26-24(30)21-12-27-29-22(21)15-28(13-18-7-9-32-16-18)14-19-5-3-8-25-23(19)29/h2-10,12,16H,11,13-15H2,1H3,(H,26,30). The van der Waals surface area contributed by atoms with Crippen molar-refractivity contribution >= 4 is 17.2 Å². The Bertz CT molecular complexity index is 1230. The molecule has 0 unspecified atom stereocenters. The lowest BCUT2D eigenvalue weighted by Crippen LogP contribution is -2.26. The number of fused-ring (bicyclic) bond motifs is 3. The van der Waals surface area contributed by atoms with Gasteiger partial charge in [0.05, 0.1) is 24.6 Å². The summed E-state index contributed by atoms with van der Waals surface area (Å²) in [5.41, 5.74) is 4.75. The van der Waals surface area contributed by atoms with E-state index in [1.165, 1.54) is 5.56 Å². The number of rotatable bonds is 6. The highest BCUT2D eigenvalue weighted by molar-refractivity contribution is 7.07. The van der Waals surface area contributed by atoms with E-state index in [9.17, 15) is 4.79 Å². The van der Waals surface area contributed by atoms with Gasteiger partial charge in [-0.05, 0) is 46.2 Å². The number of benzene rings is 1. The third kappa shape index (κ3) is 4.15. The molecule has 162 valence electrons. The molecule has 1 aliphatic heterocycles. The van der Waals surface area contributed by atoms with Crippen LogP contribution in [0.1, 0.15) is 32.7 Å². The number of nitrogens with zero attached hydrogens (tertiary/aromatic N) is 4. The molecule has 1 aromatic carbocycles. The van der Waals surface area contributed by atoms with Crippen molar-refractivity contribution in [1.82, 2.24) is 25.0 Å². The number of carbonyl (C=O) groups is 1. The number of amides is 1. The molecule has 0 radical (unpaired) electrons. The van der Waals surface area contributed by atoms with E-state index >= 15 is 0 Å². The van der Waals surface area contributed by atoms with Crippen LogP contribution in [0.25, 0.3) is 5.82 Å². The molecule has 0 atom stereocenters. The summed E-state index contributed by atoms with van der Waals surface area (Å²) in [4.78, 5) is 20.0. The van der Waals surface area contributed by atoms with Gasteiger partial charge in [-0.1, -0.05) is 18.2 Å². The fourth-order valence-corrected chi connectivity index (χ4v) is 4.62. The minimum Gasteiger partial charge on any atom is -0.497 e. The first-order valence-electron chi connectivity index (χ1n) is 10.4. The topological polar surface area (TPSA) is 72.3 Å². The van der Waals surface area contributed by atoms with Crippen LogP contribution in [0.2, 0.25) is 0 Å². The second-order valence-corrected chi connectivity index (χ2v) is 8.49. The van der Waals surface area contributed by atoms with E-state index in [2.05, 4.69) is 43.2 Å². The molecule has 4 aromatic rings. The molecule has 7 nitrogen and oxygen atoms in total. The summed E-state index contributed by atoms with van der Waals surface area (Å²) in [6.07, 6.45) is 3.41. The zero-order chi connectivity index (χ0) is 21.9. The van der Waals surface area contributed by atoms with Crippen LogP contribution >= 0.6 is 11.3 Å². The van der Waals surface area contributed by atoms with Crippen molar-refractivity contribution in [2.45, 2.75) is 26.2 Å². The SMILES string of the molecule is COc1cccc(CNC(=O)c2cnn3c2CN(Cc2ccsc2)Cc2cccnc2-3)c1. The molecule has 8 heteroatoms. The van der Waals surface area contributed by atoms with Crippen LogP contribution in [0.3, 0.4) is 0 Å². The number of hydrogen-bond acceptors (Lipinski definition) is 6. The van der Waals surface area contributed by atoms with Gasteiger partial charge in [-0.25, -0.2) is 9.67 Å². The van der Waals surface area contributed by atoms with Crippen molar-refractivity contribution in [2.24, 2.45) is 0 Å². The molecule has 5 rings (SSSR count). The molecule has 0 bridgehead atoms. The number of aromatic nitrogens is 3. The quantitative estimate of drug-likeness (QED) is 0.489. The van der Waals surface area contributed by atoms with Crippen molar-refractivity contribution in [2.75, 3.05) is 7.11 Å². The predicted molar refractivity (Wildman–Crippen MR) is 123 cm³/mol. The van der Waals surface area contributed by atoms with Crippen LogP contribution in [-0.2, 0) is 26.2 Å². The summed E-state index contributed by atoms with van der Waals surface area (Å²) >= 11 is 1.69. The van der Waals surface area contributed by atoms with E-state index in [4.69, 9.17) is 4.74 Å². The first kappa shape index (κ1) is 20.4. The maximum absolute atomic E-state index is 13.1. The second-order valence-electron chi connectivity index (χ2n) is 7.71. The first-order chi connectivity index (χ1) is 15.7. The molecule has 0 saturated carbocycles. The number of hydrogen-bond donors (Lipinski definition) is 1. The highest BCUT2D eigenvalue weighted by Gasteiger charge is 2.26. The molecule has 1 N–H and O–H groups in total. The van der Waals surface area contributed by atoms with Gasteiger partial charge >= 0.3 is 0 Å². The van der Waals surface area contributed by atoms with Gasteiger partial charge < -0.3 is 10.1 Å². The Kier molecular flexibility index (Phi) is 5.70. The van der Waals surface area contributed by atoms with Crippen LogP contribution in [0.4, 0.5) is 0 Å². The summed E-state index contributed by atoms with van der Waals surface area (Å²) in [6.45, 7) is 2.56. The zero-order valence-corrected chi connectivity index (χ0v) is 18.5. The molecule has 3 aromatic heterocycles. The summed E-state index contributed by atoms with van der Waals surface area (Å²) in [5.74, 6) is 1.40. The highest BCUT2D eigenvalue weighted by Crippen LogP contribution is 2.26. The van der Waals surface area contributed by atoms with Gasteiger partial charge in [0.2, 0.25) is 0 Å². The normalized spacial score (nSPS) is 13.2. The number of nitrogens with one attached hydrogen (secondary N) is 1. The second kappa shape index (κ2) is 8.94. The Morgan fingerprint density at radius 2 is 2.12 bits per heavy atom. The Morgan fingerprint density at radius 1 is 1.19 bits per heavy atom. The number of methoxy groups -OCH3 is 1. The van der Waals surface area contributed by atoms with Gasteiger partial charge in [-0.3, -0.25) is 9.69 Å². The Labute approximate surface area is 190 Å². The number of ether oxygens (including phenoxy) is 1. The van der Waals surface area contributed by atoms with E-state index in [-0.39, 0.29) is 5.91 Å². The summed E-state index contributed by atoms with van der Waals surface area (Å²) in [5, 5.41) is 11.8. The lowest BCUT2D eigenvalue weighted by atomic mass is 10.2. The molecule has 1 amide bonds.